The van der Waals surface area contributed by atoms with E-state index in [4.69, 9.17) is 9.47 Å². The minimum Gasteiger partial charge on any atom is -0.483 e. The number of nitrogens with zero attached hydrogens (tertiary/aromatic N) is 5. The second-order valence-corrected chi connectivity index (χ2v) is 8.41. The molecular weight excluding hydrogens is 503 g/mol. The van der Waals surface area contributed by atoms with Crippen molar-refractivity contribution < 1.29 is 22.6 Å². The summed E-state index contributed by atoms with van der Waals surface area (Å²) in [7, 11) is 0. The number of imidazole rings is 1. The number of rotatable bonds is 6. The van der Waals surface area contributed by atoms with Gasteiger partial charge in [-0.05, 0) is 28.4 Å². The summed E-state index contributed by atoms with van der Waals surface area (Å²) in [5.74, 6) is 0.957. The first kappa shape index (κ1) is 21.9. The normalized spacial score (nSPS) is 14.6. The average molecular weight is 522 g/mol. The van der Waals surface area contributed by atoms with Crippen molar-refractivity contribution in [2.45, 2.75) is 32.3 Å². The Morgan fingerprint density at radius 3 is 2.58 bits per heavy atom. The summed E-state index contributed by atoms with van der Waals surface area (Å²) in [5.41, 5.74) is 2.08. The Bertz CT molecular complexity index is 1300. The van der Waals surface area contributed by atoms with Crippen molar-refractivity contribution >= 4 is 27.0 Å². The van der Waals surface area contributed by atoms with Crippen LogP contribution in [0.5, 0.6) is 5.75 Å². The lowest BCUT2D eigenvalue weighted by Gasteiger charge is -2.27. The molecule has 4 aromatic rings. The zero-order valence-electron chi connectivity index (χ0n) is 17.5. The minimum atomic E-state index is -4.48. The van der Waals surface area contributed by atoms with Gasteiger partial charge >= 0.3 is 6.18 Å². The molecule has 3 aromatic heterocycles. The summed E-state index contributed by atoms with van der Waals surface area (Å²) >= 11 is 3.46. The third kappa shape index (κ3) is 4.22. The van der Waals surface area contributed by atoms with Crippen LogP contribution in [0.15, 0.2) is 47.3 Å². The van der Waals surface area contributed by atoms with Gasteiger partial charge in [-0.3, -0.25) is 9.67 Å². The topological polar surface area (TPSA) is 67.0 Å². The van der Waals surface area contributed by atoms with Crippen LogP contribution in [0.3, 0.4) is 0 Å². The standard InChI is InChI=1S/C22H19BrF3N5O2/c1-2-30-10-17(22(24,25)26)28-21(30)14-5-3-13(4-6-14)9-31-19-16(33-15-11-32-12-15)7-8-27-18(19)20(23)29-31/h3-8,10,15H,2,9,11-12H2,1H3. The fourth-order valence-electron chi connectivity index (χ4n) is 3.67. The van der Waals surface area contributed by atoms with Crippen LogP contribution in [0, 0.1) is 0 Å². The van der Waals surface area contributed by atoms with Crippen LogP contribution < -0.4 is 4.74 Å². The van der Waals surface area contributed by atoms with E-state index in [1.807, 2.05) is 12.1 Å². The number of halogens is 4. The smallest absolute Gasteiger partial charge is 0.434 e. The second-order valence-electron chi connectivity index (χ2n) is 7.66. The molecule has 5 rings (SSSR count). The minimum absolute atomic E-state index is 0.000839. The molecule has 0 bridgehead atoms. The predicted molar refractivity (Wildman–Crippen MR) is 118 cm³/mol. The molecule has 1 saturated heterocycles. The second kappa shape index (κ2) is 8.45. The lowest BCUT2D eigenvalue weighted by molar-refractivity contribution is -0.140. The molecule has 0 spiro atoms. The Balaban J connectivity index is 1.44. The maximum absolute atomic E-state index is 13.1. The van der Waals surface area contributed by atoms with Gasteiger partial charge in [-0.2, -0.15) is 18.3 Å². The van der Waals surface area contributed by atoms with Crippen LogP contribution in [0.25, 0.3) is 22.4 Å². The van der Waals surface area contributed by atoms with Gasteiger partial charge in [0.15, 0.2) is 10.3 Å². The van der Waals surface area contributed by atoms with Crippen molar-refractivity contribution in [2.24, 2.45) is 0 Å². The first-order valence-electron chi connectivity index (χ1n) is 10.3. The Morgan fingerprint density at radius 2 is 1.94 bits per heavy atom. The molecule has 0 aliphatic carbocycles. The van der Waals surface area contributed by atoms with Crippen LogP contribution in [0.2, 0.25) is 0 Å². The SMILES string of the molecule is CCn1cc(C(F)(F)F)nc1-c1ccc(Cn2nc(Br)c3nccc(OC4COC4)c32)cc1. The average Bonchev–Trinajstić information content (AvgIpc) is 3.33. The Hall–Kier alpha value is -2.92. The molecular formula is C22H19BrF3N5O2. The Labute approximate surface area is 195 Å². The molecule has 172 valence electrons. The van der Waals surface area contributed by atoms with E-state index in [-0.39, 0.29) is 11.9 Å². The molecule has 11 heteroatoms. The zero-order valence-corrected chi connectivity index (χ0v) is 19.1. The van der Waals surface area contributed by atoms with Gasteiger partial charge in [0.2, 0.25) is 0 Å². The molecule has 1 aromatic carbocycles. The molecule has 4 heterocycles. The van der Waals surface area contributed by atoms with E-state index in [1.54, 1.807) is 36.0 Å². The van der Waals surface area contributed by atoms with E-state index in [0.29, 0.717) is 47.7 Å². The Morgan fingerprint density at radius 1 is 1.18 bits per heavy atom. The van der Waals surface area contributed by atoms with Gasteiger partial charge in [0, 0.05) is 30.6 Å². The lowest BCUT2D eigenvalue weighted by Crippen LogP contribution is -2.38. The quantitative estimate of drug-likeness (QED) is 0.360. The van der Waals surface area contributed by atoms with Gasteiger partial charge in [0.25, 0.3) is 0 Å². The van der Waals surface area contributed by atoms with E-state index in [1.165, 1.54) is 4.57 Å². The van der Waals surface area contributed by atoms with E-state index < -0.39 is 11.9 Å². The monoisotopic (exact) mass is 521 g/mol. The zero-order chi connectivity index (χ0) is 23.2. The third-order valence-corrected chi connectivity index (χ3v) is 5.94. The molecule has 33 heavy (non-hydrogen) atoms. The molecule has 0 amide bonds. The summed E-state index contributed by atoms with van der Waals surface area (Å²) in [6, 6.07) is 9.06. The third-order valence-electron chi connectivity index (χ3n) is 5.40. The van der Waals surface area contributed by atoms with Gasteiger partial charge in [-0.15, -0.1) is 0 Å². The van der Waals surface area contributed by atoms with Crippen LogP contribution in [-0.2, 0) is 24.0 Å². The number of fused-ring (bicyclic) bond motifs is 1. The van der Waals surface area contributed by atoms with Crippen molar-refractivity contribution in [3.8, 4) is 17.1 Å². The van der Waals surface area contributed by atoms with Crippen molar-refractivity contribution in [3.05, 3.63) is 58.6 Å². The van der Waals surface area contributed by atoms with Gasteiger partial charge in [-0.1, -0.05) is 24.3 Å². The number of hydrogen-bond donors (Lipinski definition) is 0. The molecule has 0 unspecified atom stereocenters. The number of aryl methyl sites for hydroxylation is 1. The highest BCUT2D eigenvalue weighted by Crippen LogP contribution is 2.33. The molecule has 0 atom stereocenters. The van der Waals surface area contributed by atoms with Gasteiger partial charge in [-0.25, -0.2) is 4.98 Å². The summed E-state index contributed by atoms with van der Waals surface area (Å²) < 4.78 is 54.4. The van der Waals surface area contributed by atoms with Crippen LogP contribution in [0.1, 0.15) is 18.2 Å². The number of aromatic nitrogens is 5. The summed E-state index contributed by atoms with van der Waals surface area (Å²) in [6.07, 6.45) is -1.77. The molecule has 0 N–H and O–H groups in total. The van der Waals surface area contributed by atoms with Crippen LogP contribution in [0.4, 0.5) is 13.2 Å². The lowest BCUT2D eigenvalue weighted by atomic mass is 10.1. The number of benzene rings is 1. The maximum Gasteiger partial charge on any atom is 0.434 e. The number of ether oxygens (including phenoxy) is 2. The fraction of sp³-hybridized carbons (Fsp3) is 0.318. The summed E-state index contributed by atoms with van der Waals surface area (Å²) in [6.45, 7) is 3.69. The van der Waals surface area contributed by atoms with Crippen molar-refractivity contribution in [3.63, 3.8) is 0 Å². The molecule has 0 saturated carbocycles. The van der Waals surface area contributed by atoms with Gasteiger partial charge < -0.3 is 14.0 Å². The predicted octanol–water partition coefficient (Wildman–Crippen LogP) is 4.92. The highest BCUT2D eigenvalue weighted by molar-refractivity contribution is 9.10. The fourth-order valence-corrected chi connectivity index (χ4v) is 4.15. The first-order chi connectivity index (χ1) is 15.8. The largest absolute Gasteiger partial charge is 0.483 e. The van der Waals surface area contributed by atoms with Crippen molar-refractivity contribution in [1.29, 1.82) is 0 Å². The van der Waals surface area contributed by atoms with Gasteiger partial charge in [0.1, 0.15) is 28.7 Å². The first-order valence-corrected chi connectivity index (χ1v) is 11.1. The Kier molecular flexibility index (Phi) is 5.61. The van der Waals surface area contributed by atoms with Crippen LogP contribution >= 0.6 is 15.9 Å². The van der Waals surface area contributed by atoms with Crippen molar-refractivity contribution in [2.75, 3.05) is 13.2 Å². The highest BCUT2D eigenvalue weighted by Gasteiger charge is 2.34. The number of pyridine rings is 1. The summed E-state index contributed by atoms with van der Waals surface area (Å²) in [4.78, 5) is 8.22. The maximum atomic E-state index is 13.1. The number of hydrogen-bond acceptors (Lipinski definition) is 5. The molecule has 1 fully saturated rings. The highest BCUT2D eigenvalue weighted by atomic mass is 79.9. The van der Waals surface area contributed by atoms with Crippen LogP contribution in [-0.4, -0.2) is 43.6 Å². The van der Waals surface area contributed by atoms with E-state index >= 15 is 0 Å². The summed E-state index contributed by atoms with van der Waals surface area (Å²) in [5, 5.41) is 4.55. The molecule has 1 aliphatic heterocycles. The van der Waals surface area contributed by atoms with E-state index in [0.717, 1.165) is 17.3 Å². The number of alkyl halides is 3. The van der Waals surface area contributed by atoms with E-state index in [2.05, 4.69) is 31.0 Å². The van der Waals surface area contributed by atoms with Gasteiger partial charge in [0.05, 0.1) is 19.8 Å². The molecule has 7 nitrogen and oxygen atoms in total. The molecule has 0 radical (unpaired) electrons. The van der Waals surface area contributed by atoms with Crippen molar-refractivity contribution in [1.82, 2.24) is 24.3 Å². The molecule has 1 aliphatic rings. The van der Waals surface area contributed by atoms with E-state index in [9.17, 15) is 13.2 Å².